The Bertz CT molecular complexity index is 1190. The summed E-state index contributed by atoms with van der Waals surface area (Å²) >= 11 is 0. The van der Waals surface area contributed by atoms with Crippen LogP contribution >= 0.6 is 0 Å². The average Bonchev–Trinajstić information content (AvgIpc) is 2.78. The molecule has 0 aliphatic rings. The molecule has 7 nitrogen and oxygen atoms in total. The van der Waals surface area contributed by atoms with Gasteiger partial charge in [-0.25, -0.2) is 9.78 Å². The molecule has 0 radical (unpaired) electrons. The van der Waals surface area contributed by atoms with Crippen LogP contribution in [-0.4, -0.2) is 32.3 Å². The van der Waals surface area contributed by atoms with Crippen molar-refractivity contribution in [3.05, 3.63) is 93.2 Å². The van der Waals surface area contributed by atoms with Crippen LogP contribution in [0.1, 0.15) is 46.0 Å². The highest BCUT2D eigenvalue weighted by molar-refractivity contribution is 5.89. The fourth-order valence-electron chi connectivity index (χ4n) is 2.94. The Kier molecular flexibility index (Phi) is 6.85. The minimum Gasteiger partial charge on any atom is -0.501 e. The molecule has 3 aromatic rings. The van der Waals surface area contributed by atoms with Crippen molar-refractivity contribution in [3.8, 4) is 17.6 Å². The average molecular weight is 418 g/mol. The molecule has 158 valence electrons. The number of aliphatic hydroxyl groups excluding tert-OH is 1. The van der Waals surface area contributed by atoms with Crippen LogP contribution in [0.5, 0.6) is 5.75 Å². The van der Waals surface area contributed by atoms with Crippen LogP contribution in [0.15, 0.2) is 59.4 Å². The number of hydrogen-bond donors (Lipinski definition) is 2. The van der Waals surface area contributed by atoms with Crippen LogP contribution in [0.4, 0.5) is 0 Å². The first-order valence-corrected chi connectivity index (χ1v) is 9.73. The maximum Gasteiger partial charge on any atom is 0.361 e. The van der Waals surface area contributed by atoms with E-state index in [0.717, 1.165) is 15.7 Å². The third-order valence-electron chi connectivity index (χ3n) is 4.58. The topological polar surface area (TPSA) is 102 Å². The first-order chi connectivity index (χ1) is 14.9. The number of benzene rings is 2. The van der Waals surface area contributed by atoms with Gasteiger partial charge < -0.3 is 14.9 Å². The summed E-state index contributed by atoms with van der Waals surface area (Å²) in [6.45, 7) is 3.08. The Morgan fingerprint density at radius 1 is 1.10 bits per heavy atom. The molecule has 2 aromatic carbocycles. The Morgan fingerprint density at radius 2 is 1.71 bits per heavy atom. The van der Waals surface area contributed by atoms with Gasteiger partial charge in [0.25, 0.3) is 5.56 Å². The van der Waals surface area contributed by atoms with E-state index in [-0.39, 0.29) is 19.0 Å². The van der Waals surface area contributed by atoms with Crippen LogP contribution in [-0.2, 0) is 11.3 Å². The molecular weight excluding hydrogens is 396 g/mol. The summed E-state index contributed by atoms with van der Waals surface area (Å²) in [5.41, 5.74) is 1.01. The van der Waals surface area contributed by atoms with E-state index < -0.39 is 29.1 Å². The highest BCUT2D eigenvalue weighted by atomic mass is 16.5. The number of aromatic hydroxyl groups is 1. The third kappa shape index (κ3) is 5.18. The zero-order chi connectivity index (χ0) is 22.4. The fraction of sp³-hybridized carbons (Fsp3) is 0.208. The van der Waals surface area contributed by atoms with Crippen molar-refractivity contribution < 1.29 is 19.7 Å². The van der Waals surface area contributed by atoms with Gasteiger partial charge in [0, 0.05) is 11.1 Å². The summed E-state index contributed by atoms with van der Waals surface area (Å²) in [4.78, 5) is 28.3. The van der Waals surface area contributed by atoms with E-state index in [9.17, 15) is 19.8 Å². The maximum absolute atomic E-state index is 12.5. The highest BCUT2D eigenvalue weighted by Crippen LogP contribution is 2.18. The zero-order valence-corrected chi connectivity index (χ0v) is 17.2. The molecule has 31 heavy (non-hydrogen) atoms. The largest absolute Gasteiger partial charge is 0.501 e. The molecular formula is C24H22N2O5. The number of aromatic nitrogens is 2. The van der Waals surface area contributed by atoms with Crippen LogP contribution in [0, 0.1) is 18.8 Å². The molecule has 2 N–H and O–H groups in total. The molecule has 1 unspecified atom stereocenters. The van der Waals surface area contributed by atoms with Gasteiger partial charge in [-0.3, -0.25) is 9.36 Å². The van der Waals surface area contributed by atoms with Crippen molar-refractivity contribution in [2.24, 2.45) is 0 Å². The highest BCUT2D eigenvalue weighted by Gasteiger charge is 2.22. The van der Waals surface area contributed by atoms with Crippen LogP contribution in [0.3, 0.4) is 0 Å². The Hall–Kier alpha value is -3.89. The molecule has 1 heterocycles. The number of carbonyl (C=O) groups excluding carboxylic acids is 1. The smallest absolute Gasteiger partial charge is 0.361 e. The van der Waals surface area contributed by atoms with Crippen molar-refractivity contribution in [1.29, 1.82) is 0 Å². The van der Waals surface area contributed by atoms with Crippen LogP contribution in [0.2, 0.25) is 0 Å². The lowest BCUT2D eigenvalue weighted by molar-refractivity contribution is 0.0514. The van der Waals surface area contributed by atoms with Gasteiger partial charge in [0.1, 0.15) is 5.82 Å². The predicted octanol–water partition coefficient (Wildman–Crippen LogP) is 2.57. The van der Waals surface area contributed by atoms with Crippen molar-refractivity contribution in [3.63, 3.8) is 0 Å². The number of aliphatic hydroxyl groups is 1. The van der Waals surface area contributed by atoms with Crippen molar-refractivity contribution in [1.82, 2.24) is 9.55 Å². The van der Waals surface area contributed by atoms with E-state index in [1.165, 1.54) is 6.92 Å². The lowest BCUT2D eigenvalue weighted by Gasteiger charge is -2.16. The van der Waals surface area contributed by atoms with Crippen molar-refractivity contribution in [2.75, 3.05) is 6.61 Å². The van der Waals surface area contributed by atoms with Gasteiger partial charge in [-0.2, -0.15) is 0 Å². The molecule has 0 aliphatic heterocycles. The summed E-state index contributed by atoms with van der Waals surface area (Å²) in [6, 6.07) is 16.6. The van der Waals surface area contributed by atoms with E-state index in [1.54, 1.807) is 31.2 Å². The van der Waals surface area contributed by atoms with Gasteiger partial charge >= 0.3 is 5.97 Å². The van der Waals surface area contributed by atoms with E-state index in [0.29, 0.717) is 5.56 Å². The van der Waals surface area contributed by atoms with Gasteiger partial charge in [-0.15, -0.1) is 0 Å². The van der Waals surface area contributed by atoms with E-state index in [2.05, 4.69) is 16.8 Å². The first kappa shape index (κ1) is 21.8. The Morgan fingerprint density at radius 3 is 2.32 bits per heavy atom. The molecule has 0 fully saturated rings. The van der Waals surface area contributed by atoms with Gasteiger partial charge in [0.15, 0.2) is 5.69 Å². The Balaban J connectivity index is 1.78. The SMILES string of the molecule is CCOC(=O)c1nc(C)n(CC(O)c2ccc(C#Cc3ccccc3)cc2)c(=O)c1O. The fourth-order valence-corrected chi connectivity index (χ4v) is 2.94. The first-order valence-electron chi connectivity index (χ1n) is 9.73. The standard InChI is InChI=1S/C24H22N2O5/c1-3-31-24(30)21-22(28)23(29)26(16(2)25-21)15-20(27)19-13-11-18(12-14-19)10-9-17-7-5-4-6-8-17/h4-8,11-14,20,27-28H,3,15H2,1-2H3. The van der Waals surface area contributed by atoms with Crippen LogP contribution in [0.25, 0.3) is 0 Å². The maximum atomic E-state index is 12.5. The number of hydrogen-bond acceptors (Lipinski definition) is 6. The third-order valence-corrected chi connectivity index (χ3v) is 4.58. The predicted molar refractivity (Wildman–Crippen MR) is 115 cm³/mol. The Labute approximate surface area is 179 Å². The van der Waals surface area contributed by atoms with Gasteiger partial charge in [-0.05, 0) is 43.7 Å². The van der Waals surface area contributed by atoms with Crippen LogP contribution < -0.4 is 5.56 Å². The summed E-state index contributed by atoms with van der Waals surface area (Å²) in [7, 11) is 0. The lowest BCUT2D eigenvalue weighted by Crippen LogP contribution is -2.28. The molecule has 1 aromatic heterocycles. The van der Waals surface area contributed by atoms with Crippen molar-refractivity contribution in [2.45, 2.75) is 26.5 Å². The molecule has 0 spiro atoms. The molecule has 0 aliphatic carbocycles. The monoisotopic (exact) mass is 418 g/mol. The second-order valence-corrected chi connectivity index (χ2v) is 6.75. The molecule has 3 rings (SSSR count). The molecule has 0 amide bonds. The van der Waals surface area contributed by atoms with Gasteiger partial charge in [-0.1, -0.05) is 42.2 Å². The quantitative estimate of drug-likeness (QED) is 0.488. The van der Waals surface area contributed by atoms with E-state index in [4.69, 9.17) is 4.74 Å². The number of aryl methyl sites for hydroxylation is 1. The van der Waals surface area contributed by atoms with Crippen molar-refractivity contribution >= 4 is 5.97 Å². The van der Waals surface area contributed by atoms with E-state index in [1.807, 2.05) is 30.3 Å². The summed E-state index contributed by atoms with van der Waals surface area (Å²) in [6.07, 6.45) is -1.03. The molecule has 7 heteroatoms. The van der Waals surface area contributed by atoms with Gasteiger partial charge in [0.2, 0.25) is 5.75 Å². The second kappa shape index (κ2) is 9.74. The molecule has 0 saturated heterocycles. The second-order valence-electron chi connectivity index (χ2n) is 6.75. The number of carbonyl (C=O) groups is 1. The summed E-state index contributed by atoms with van der Waals surface area (Å²) in [5, 5.41) is 20.7. The lowest BCUT2D eigenvalue weighted by atomic mass is 10.1. The molecule has 1 atom stereocenters. The molecule has 0 saturated carbocycles. The van der Waals surface area contributed by atoms with E-state index >= 15 is 0 Å². The minimum atomic E-state index is -1.03. The number of ether oxygens (including phenoxy) is 1. The van der Waals surface area contributed by atoms with Gasteiger partial charge in [0.05, 0.1) is 19.3 Å². The number of esters is 1. The zero-order valence-electron chi connectivity index (χ0n) is 17.2. The number of nitrogens with zero attached hydrogens (tertiary/aromatic N) is 2. The summed E-state index contributed by atoms with van der Waals surface area (Å²) in [5.74, 6) is 4.62. The normalized spacial score (nSPS) is 11.3. The summed E-state index contributed by atoms with van der Waals surface area (Å²) < 4.78 is 5.92. The molecule has 0 bridgehead atoms. The minimum absolute atomic E-state index is 0.0898. The number of rotatable bonds is 5.